The molecule has 2 atom stereocenters. The molecule has 0 saturated heterocycles. The summed E-state index contributed by atoms with van der Waals surface area (Å²) in [5, 5.41) is 3.51. The Hall–Kier alpha value is -2.90. The number of nitrogens with zero attached hydrogens (tertiary/aromatic N) is 2. The lowest BCUT2D eigenvalue weighted by atomic mass is 10.1. The number of aromatic nitrogens is 3. The van der Waals surface area contributed by atoms with Crippen LogP contribution in [-0.4, -0.2) is 20.9 Å². The highest BCUT2D eigenvalue weighted by molar-refractivity contribution is 5.95. The lowest BCUT2D eigenvalue weighted by Crippen LogP contribution is -2.15. The summed E-state index contributed by atoms with van der Waals surface area (Å²) in [5.74, 6) is 0.787. The van der Waals surface area contributed by atoms with Crippen LogP contribution in [-0.2, 0) is 11.0 Å². The molecule has 1 fully saturated rings. The largest absolute Gasteiger partial charge is 0.433 e. The number of rotatable bonds is 3. The van der Waals surface area contributed by atoms with Gasteiger partial charge in [0, 0.05) is 41.0 Å². The van der Waals surface area contributed by atoms with Gasteiger partial charge >= 0.3 is 6.18 Å². The lowest BCUT2D eigenvalue weighted by molar-refractivity contribution is -0.141. The minimum atomic E-state index is -4.50. The van der Waals surface area contributed by atoms with E-state index >= 15 is 0 Å². The van der Waals surface area contributed by atoms with E-state index in [0.717, 1.165) is 24.1 Å². The molecule has 4 rings (SSSR count). The van der Waals surface area contributed by atoms with E-state index in [2.05, 4.69) is 20.3 Å². The molecule has 1 saturated carbocycles. The summed E-state index contributed by atoms with van der Waals surface area (Å²) in [7, 11) is 0. The van der Waals surface area contributed by atoms with Crippen molar-refractivity contribution in [3.63, 3.8) is 0 Å². The van der Waals surface area contributed by atoms with Gasteiger partial charge in [-0.3, -0.25) is 9.78 Å². The van der Waals surface area contributed by atoms with E-state index in [1.807, 2.05) is 6.92 Å². The van der Waals surface area contributed by atoms with Gasteiger partial charge in [-0.2, -0.15) is 13.2 Å². The van der Waals surface area contributed by atoms with E-state index in [1.54, 1.807) is 18.3 Å². The van der Waals surface area contributed by atoms with Crippen LogP contribution in [0.1, 0.15) is 19.0 Å². The maximum Gasteiger partial charge on any atom is 0.433 e. The Labute approximate surface area is 146 Å². The number of pyridine rings is 2. The number of amides is 1. The molecule has 1 aliphatic rings. The van der Waals surface area contributed by atoms with Crippen molar-refractivity contribution in [3.8, 4) is 11.3 Å². The van der Waals surface area contributed by atoms with Crippen LogP contribution in [0.3, 0.4) is 0 Å². The van der Waals surface area contributed by atoms with Gasteiger partial charge in [0.2, 0.25) is 5.91 Å². The van der Waals surface area contributed by atoms with E-state index in [4.69, 9.17) is 0 Å². The average molecular weight is 360 g/mol. The predicted octanol–water partition coefficient (Wildman–Crippen LogP) is 4.24. The molecular weight excluding hydrogens is 345 g/mol. The minimum absolute atomic E-state index is 0.0318. The molecule has 0 spiro atoms. The molecule has 134 valence electrons. The van der Waals surface area contributed by atoms with Crippen molar-refractivity contribution in [3.05, 3.63) is 42.4 Å². The third-order valence-electron chi connectivity index (χ3n) is 4.56. The Morgan fingerprint density at radius 3 is 2.73 bits per heavy atom. The quantitative estimate of drug-likeness (QED) is 0.734. The number of carbonyl (C=O) groups excluding carboxylic acids is 1. The summed E-state index contributed by atoms with van der Waals surface area (Å²) in [6, 6.07) is 5.89. The number of alkyl halides is 3. The van der Waals surface area contributed by atoms with Gasteiger partial charge in [-0.1, -0.05) is 6.92 Å². The Morgan fingerprint density at radius 1 is 1.27 bits per heavy atom. The maximum atomic E-state index is 12.8. The molecule has 5 nitrogen and oxygen atoms in total. The summed E-state index contributed by atoms with van der Waals surface area (Å²) in [5.41, 5.74) is 0.632. The number of nitrogens with one attached hydrogen (secondary N) is 2. The van der Waals surface area contributed by atoms with Crippen LogP contribution in [0.25, 0.3) is 22.2 Å². The van der Waals surface area contributed by atoms with E-state index in [-0.39, 0.29) is 11.8 Å². The number of hydrogen-bond donors (Lipinski definition) is 2. The lowest BCUT2D eigenvalue weighted by Gasteiger charge is -2.06. The molecule has 1 aliphatic carbocycles. The molecule has 0 aliphatic heterocycles. The summed E-state index contributed by atoms with van der Waals surface area (Å²) in [4.78, 5) is 22.6. The fraction of sp³-hybridized carbons (Fsp3) is 0.278. The summed E-state index contributed by atoms with van der Waals surface area (Å²) >= 11 is 0. The van der Waals surface area contributed by atoms with E-state index in [1.165, 1.54) is 6.07 Å². The molecule has 2 N–H and O–H groups in total. The van der Waals surface area contributed by atoms with E-state index < -0.39 is 11.9 Å². The highest BCUT2D eigenvalue weighted by Gasteiger charge is 2.39. The maximum absolute atomic E-state index is 12.8. The standard InChI is InChI=1S/C18H15F3N4O/c1-9-4-12(9)17(26)25-16-7-14-11(8-23-16)5-13(24-14)10-2-3-22-15(6-10)18(19,20)21/h2-3,5-9,12,24H,4H2,1H3,(H,23,25,26)/t9-,12-/m1/s1. The van der Waals surface area contributed by atoms with Crippen LogP contribution in [0.15, 0.2) is 36.7 Å². The fourth-order valence-corrected chi connectivity index (χ4v) is 2.91. The Balaban J connectivity index is 1.63. The zero-order chi connectivity index (χ0) is 18.5. The Bertz CT molecular complexity index is 996. The van der Waals surface area contributed by atoms with Crippen molar-refractivity contribution in [1.29, 1.82) is 0 Å². The molecule has 0 unspecified atom stereocenters. The van der Waals surface area contributed by atoms with Gasteiger partial charge in [0.25, 0.3) is 0 Å². The third kappa shape index (κ3) is 3.14. The van der Waals surface area contributed by atoms with Crippen molar-refractivity contribution in [1.82, 2.24) is 15.0 Å². The number of fused-ring (bicyclic) bond motifs is 1. The van der Waals surface area contributed by atoms with E-state index in [9.17, 15) is 18.0 Å². The first-order valence-electron chi connectivity index (χ1n) is 8.14. The highest BCUT2D eigenvalue weighted by atomic mass is 19.4. The SMILES string of the molecule is C[C@@H]1C[C@H]1C(=O)Nc1cc2[nH]c(-c3ccnc(C(F)(F)F)c3)cc2cn1. The number of H-pyrrole nitrogens is 1. The van der Waals surface area contributed by atoms with Crippen molar-refractivity contribution >= 4 is 22.6 Å². The molecule has 1 amide bonds. The zero-order valence-corrected chi connectivity index (χ0v) is 13.8. The Morgan fingerprint density at radius 2 is 2.04 bits per heavy atom. The monoisotopic (exact) mass is 360 g/mol. The molecule has 8 heteroatoms. The average Bonchev–Trinajstić information content (AvgIpc) is 3.17. The second-order valence-electron chi connectivity index (χ2n) is 6.58. The third-order valence-corrected chi connectivity index (χ3v) is 4.56. The van der Waals surface area contributed by atoms with Crippen molar-refractivity contribution in [2.75, 3.05) is 5.32 Å². The van der Waals surface area contributed by atoms with Gasteiger partial charge in [-0.15, -0.1) is 0 Å². The fourth-order valence-electron chi connectivity index (χ4n) is 2.91. The number of carbonyl (C=O) groups is 1. The molecule has 0 radical (unpaired) electrons. The molecule has 26 heavy (non-hydrogen) atoms. The van der Waals surface area contributed by atoms with Crippen LogP contribution >= 0.6 is 0 Å². The summed E-state index contributed by atoms with van der Waals surface area (Å²) < 4.78 is 38.5. The highest BCUT2D eigenvalue weighted by Crippen LogP contribution is 2.38. The first kappa shape index (κ1) is 16.6. The van der Waals surface area contributed by atoms with Crippen LogP contribution in [0.2, 0.25) is 0 Å². The van der Waals surface area contributed by atoms with Gasteiger partial charge in [0.15, 0.2) is 0 Å². The topological polar surface area (TPSA) is 70.7 Å². The van der Waals surface area contributed by atoms with Gasteiger partial charge in [-0.05, 0) is 30.5 Å². The number of halogens is 3. The van der Waals surface area contributed by atoms with Crippen molar-refractivity contribution < 1.29 is 18.0 Å². The Kier molecular flexibility index (Phi) is 3.71. The second kappa shape index (κ2) is 5.82. The number of aromatic amines is 1. The molecule has 0 aromatic carbocycles. The number of hydrogen-bond acceptors (Lipinski definition) is 3. The van der Waals surface area contributed by atoms with Gasteiger partial charge in [0.1, 0.15) is 11.5 Å². The summed E-state index contributed by atoms with van der Waals surface area (Å²) in [6.07, 6.45) is -0.914. The van der Waals surface area contributed by atoms with Crippen LogP contribution < -0.4 is 5.32 Å². The second-order valence-corrected chi connectivity index (χ2v) is 6.58. The molecular formula is C18H15F3N4O. The molecule has 0 bridgehead atoms. The van der Waals surface area contributed by atoms with Gasteiger partial charge in [-0.25, -0.2) is 4.98 Å². The van der Waals surface area contributed by atoms with Crippen LogP contribution in [0, 0.1) is 11.8 Å². The number of anilines is 1. The van der Waals surface area contributed by atoms with Crippen molar-refractivity contribution in [2.24, 2.45) is 11.8 Å². The molecule has 3 aromatic rings. The first-order chi connectivity index (χ1) is 12.3. The van der Waals surface area contributed by atoms with Crippen LogP contribution in [0.5, 0.6) is 0 Å². The van der Waals surface area contributed by atoms with Gasteiger partial charge in [0.05, 0.1) is 5.52 Å². The van der Waals surface area contributed by atoms with E-state index in [0.29, 0.717) is 28.5 Å². The normalized spacial score (nSPS) is 19.5. The minimum Gasteiger partial charge on any atom is -0.354 e. The zero-order valence-electron chi connectivity index (χ0n) is 13.8. The van der Waals surface area contributed by atoms with Crippen LogP contribution in [0.4, 0.5) is 19.0 Å². The smallest absolute Gasteiger partial charge is 0.354 e. The summed E-state index contributed by atoms with van der Waals surface area (Å²) in [6.45, 7) is 2.02. The molecule has 3 heterocycles. The van der Waals surface area contributed by atoms with Gasteiger partial charge < -0.3 is 10.3 Å². The van der Waals surface area contributed by atoms with Crippen molar-refractivity contribution in [2.45, 2.75) is 19.5 Å². The predicted molar refractivity (Wildman–Crippen MR) is 90.2 cm³/mol. The molecule has 3 aromatic heterocycles. The first-order valence-corrected chi connectivity index (χ1v) is 8.14.